The number of hydrogen-bond acceptors (Lipinski definition) is 6. The molecular formula is C21H32N6O2. The van der Waals surface area contributed by atoms with Crippen LogP contribution in [0.25, 0.3) is 0 Å². The van der Waals surface area contributed by atoms with Crippen LogP contribution in [0.1, 0.15) is 43.4 Å². The van der Waals surface area contributed by atoms with Crippen LogP contribution in [0.3, 0.4) is 0 Å². The molecule has 0 unspecified atom stereocenters. The number of rotatable bonds is 11. The number of amides is 1. The largest absolute Gasteiger partial charge is 0.445 e. The molecule has 0 saturated heterocycles. The number of aromatic nitrogens is 3. The number of ether oxygens (including phenoxy) is 1. The van der Waals surface area contributed by atoms with E-state index in [1.54, 1.807) is 4.68 Å². The molecule has 8 heteroatoms. The number of nitrogens with zero attached hydrogens (tertiary/aromatic N) is 3. The summed E-state index contributed by atoms with van der Waals surface area (Å²) in [6, 6.07) is 10.3. The van der Waals surface area contributed by atoms with Crippen LogP contribution in [-0.4, -0.2) is 46.8 Å². The van der Waals surface area contributed by atoms with Crippen LogP contribution in [-0.2, 0) is 24.4 Å². The minimum absolute atomic E-state index is 0.251. The molecule has 2 aromatic rings. The highest BCUT2D eigenvalue weighted by atomic mass is 16.5. The third kappa shape index (κ3) is 8.21. The van der Waals surface area contributed by atoms with Gasteiger partial charge in [-0.2, -0.15) is 0 Å². The molecule has 8 nitrogen and oxygen atoms in total. The lowest BCUT2D eigenvalue weighted by Crippen LogP contribution is -2.37. The summed E-state index contributed by atoms with van der Waals surface area (Å²) >= 11 is 0. The molecule has 1 aromatic carbocycles. The minimum Gasteiger partial charge on any atom is -0.445 e. The molecule has 1 heterocycles. The Kier molecular flexibility index (Phi) is 8.93. The second-order valence-corrected chi connectivity index (χ2v) is 7.43. The van der Waals surface area contributed by atoms with Crippen molar-refractivity contribution in [1.29, 1.82) is 0 Å². The monoisotopic (exact) mass is 400 g/mol. The van der Waals surface area contributed by atoms with Crippen LogP contribution in [0.15, 0.2) is 36.5 Å². The molecule has 0 aliphatic heterocycles. The van der Waals surface area contributed by atoms with E-state index in [-0.39, 0.29) is 6.61 Å². The zero-order valence-corrected chi connectivity index (χ0v) is 17.0. The number of benzene rings is 1. The number of carbonyl (C=O) groups is 1. The fourth-order valence-electron chi connectivity index (χ4n) is 3.46. The molecule has 1 aliphatic rings. The van der Waals surface area contributed by atoms with Gasteiger partial charge in [0, 0.05) is 25.7 Å². The van der Waals surface area contributed by atoms with E-state index in [1.807, 2.05) is 36.5 Å². The smallest absolute Gasteiger partial charge is 0.407 e. The fraction of sp³-hybridized carbons (Fsp3) is 0.571. The Morgan fingerprint density at radius 1 is 1.10 bits per heavy atom. The third-order valence-corrected chi connectivity index (χ3v) is 5.07. The second-order valence-electron chi connectivity index (χ2n) is 7.43. The predicted octanol–water partition coefficient (Wildman–Crippen LogP) is 2.22. The van der Waals surface area contributed by atoms with Gasteiger partial charge in [0.2, 0.25) is 0 Å². The van der Waals surface area contributed by atoms with Gasteiger partial charge >= 0.3 is 6.09 Å². The standard InChI is InChI=1S/C21H32N6O2/c28-21(29-17-18-7-3-1-4-8-18)24-15-20-16-27(26-25-20)14-13-22-11-12-23-19-9-5-2-6-10-19/h1,3-4,7-8,16,19,22-23H,2,5-6,9-15,17H2,(H,24,28). The number of nitrogens with one attached hydrogen (secondary N) is 3. The lowest BCUT2D eigenvalue weighted by molar-refractivity contribution is 0.139. The number of hydrogen-bond donors (Lipinski definition) is 3. The highest BCUT2D eigenvalue weighted by molar-refractivity contribution is 5.67. The van der Waals surface area contributed by atoms with Crippen LogP contribution < -0.4 is 16.0 Å². The van der Waals surface area contributed by atoms with Crippen molar-refractivity contribution in [2.24, 2.45) is 0 Å². The molecule has 0 atom stereocenters. The van der Waals surface area contributed by atoms with E-state index in [9.17, 15) is 4.79 Å². The van der Waals surface area contributed by atoms with Crippen LogP contribution in [0.5, 0.6) is 0 Å². The predicted molar refractivity (Wildman–Crippen MR) is 111 cm³/mol. The summed E-state index contributed by atoms with van der Waals surface area (Å²) in [6.07, 6.45) is 8.12. The Balaban J connectivity index is 1.23. The van der Waals surface area contributed by atoms with E-state index in [0.717, 1.165) is 31.7 Å². The number of alkyl carbamates (subject to hydrolysis) is 1. The average molecular weight is 401 g/mol. The van der Waals surface area contributed by atoms with Gasteiger partial charge in [0.15, 0.2) is 0 Å². The van der Waals surface area contributed by atoms with E-state index < -0.39 is 6.09 Å². The van der Waals surface area contributed by atoms with E-state index >= 15 is 0 Å². The first-order valence-electron chi connectivity index (χ1n) is 10.6. The molecule has 158 valence electrons. The zero-order chi connectivity index (χ0) is 20.2. The topological polar surface area (TPSA) is 93.1 Å². The molecule has 1 amide bonds. The van der Waals surface area contributed by atoms with Crippen molar-refractivity contribution >= 4 is 6.09 Å². The molecule has 1 aliphatic carbocycles. The first-order chi connectivity index (χ1) is 14.3. The van der Waals surface area contributed by atoms with Gasteiger partial charge in [-0.25, -0.2) is 4.79 Å². The number of carbonyl (C=O) groups excluding carboxylic acids is 1. The first kappa shape index (κ1) is 21.3. The van der Waals surface area contributed by atoms with Gasteiger partial charge < -0.3 is 20.7 Å². The third-order valence-electron chi connectivity index (χ3n) is 5.07. The maximum Gasteiger partial charge on any atom is 0.407 e. The van der Waals surface area contributed by atoms with E-state index in [2.05, 4.69) is 26.3 Å². The maximum atomic E-state index is 11.8. The lowest BCUT2D eigenvalue weighted by atomic mass is 9.95. The Hall–Kier alpha value is -2.45. The summed E-state index contributed by atoms with van der Waals surface area (Å²) in [5.74, 6) is 0. The van der Waals surface area contributed by atoms with Crippen LogP contribution in [0, 0.1) is 0 Å². The fourth-order valence-corrected chi connectivity index (χ4v) is 3.46. The lowest BCUT2D eigenvalue weighted by Gasteiger charge is -2.22. The van der Waals surface area contributed by atoms with E-state index in [4.69, 9.17) is 4.74 Å². The second kappa shape index (κ2) is 12.2. The Labute approximate surface area is 172 Å². The van der Waals surface area contributed by atoms with Gasteiger partial charge in [0.05, 0.1) is 19.3 Å². The highest BCUT2D eigenvalue weighted by Crippen LogP contribution is 2.16. The molecule has 3 N–H and O–H groups in total. The van der Waals surface area contributed by atoms with Crippen molar-refractivity contribution < 1.29 is 9.53 Å². The molecule has 1 aromatic heterocycles. The van der Waals surface area contributed by atoms with E-state index in [0.29, 0.717) is 18.3 Å². The summed E-state index contributed by atoms with van der Waals surface area (Å²) in [6.45, 7) is 4.08. The normalized spacial score (nSPS) is 14.6. The molecule has 29 heavy (non-hydrogen) atoms. The molecule has 0 radical (unpaired) electrons. The van der Waals surface area contributed by atoms with Gasteiger partial charge in [-0.1, -0.05) is 54.8 Å². The van der Waals surface area contributed by atoms with Crippen molar-refractivity contribution in [2.45, 2.75) is 57.8 Å². The van der Waals surface area contributed by atoms with Crippen LogP contribution in [0.4, 0.5) is 4.79 Å². The zero-order valence-electron chi connectivity index (χ0n) is 17.0. The highest BCUT2D eigenvalue weighted by Gasteiger charge is 2.11. The van der Waals surface area contributed by atoms with Gasteiger partial charge in [-0.15, -0.1) is 5.10 Å². The summed E-state index contributed by atoms with van der Waals surface area (Å²) in [5, 5.41) is 17.9. The molecule has 1 saturated carbocycles. The van der Waals surface area contributed by atoms with Crippen molar-refractivity contribution in [3.05, 3.63) is 47.8 Å². The summed E-state index contributed by atoms with van der Waals surface area (Å²) < 4.78 is 6.97. The van der Waals surface area contributed by atoms with Gasteiger partial charge in [0.25, 0.3) is 0 Å². The van der Waals surface area contributed by atoms with Crippen molar-refractivity contribution in [1.82, 2.24) is 30.9 Å². The van der Waals surface area contributed by atoms with Gasteiger partial charge in [-0.05, 0) is 18.4 Å². The minimum atomic E-state index is -0.462. The van der Waals surface area contributed by atoms with Crippen LogP contribution in [0.2, 0.25) is 0 Å². The summed E-state index contributed by atoms with van der Waals surface area (Å²) in [7, 11) is 0. The maximum absolute atomic E-state index is 11.8. The Morgan fingerprint density at radius 3 is 2.76 bits per heavy atom. The molecule has 0 spiro atoms. The molecule has 3 rings (SSSR count). The molecule has 1 fully saturated rings. The summed E-state index contributed by atoms with van der Waals surface area (Å²) in [4.78, 5) is 11.8. The van der Waals surface area contributed by atoms with Gasteiger partial charge in [-0.3, -0.25) is 4.68 Å². The SMILES string of the molecule is O=C(NCc1cn(CCNCCNC2CCCCC2)nn1)OCc1ccccc1. The van der Waals surface area contributed by atoms with Crippen molar-refractivity contribution in [3.8, 4) is 0 Å². The van der Waals surface area contributed by atoms with E-state index in [1.165, 1.54) is 32.1 Å². The quantitative estimate of drug-likeness (QED) is 0.501. The Morgan fingerprint density at radius 2 is 1.93 bits per heavy atom. The first-order valence-corrected chi connectivity index (χ1v) is 10.6. The van der Waals surface area contributed by atoms with Crippen molar-refractivity contribution in [2.75, 3.05) is 19.6 Å². The van der Waals surface area contributed by atoms with Crippen molar-refractivity contribution in [3.63, 3.8) is 0 Å². The summed E-state index contributed by atoms with van der Waals surface area (Å²) in [5.41, 5.74) is 1.66. The molecule has 0 bridgehead atoms. The van der Waals surface area contributed by atoms with Gasteiger partial charge in [0.1, 0.15) is 12.3 Å². The Bertz CT molecular complexity index is 715. The van der Waals surface area contributed by atoms with Crippen LogP contribution >= 0.6 is 0 Å². The molecular weight excluding hydrogens is 368 g/mol. The average Bonchev–Trinajstić information content (AvgIpc) is 3.22.